The zero-order chi connectivity index (χ0) is 24.4. The highest BCUT2D eigenvalue weighted by Crippen LogP contribution is 2.31. The number of β-amino-alcohol motifs (C(OH)–C–C–N with tert-alkyl or cyclic N) is 1. The Hall–Kier alpha value is -2.71. The number of likely N-dealkylation sites (tertiary alicyclic amines) is 1. The highest BCUT2D eigenvalue weighted by Gasteiger charge is 2.21. The number of rotatable bonds is 8. The first kappa shape index (κ1) is 24.0. The summed E-state index contributed by atoms with van der Waals surface area (Å²) in [7, 11) is 0. The lowest BCUT2D eigenvalue weighted by Gasteiger charge is -2.29. The molecule has 1 unspecified atom stereocenters. The van der Waals surface area contributed by atoms with Crippen LogP contribution in [0.5, 0.6) is 0 Å². The molecule has 0 aliphatic carbocycles. The number of nitrogens with zero attached hydrogens (tertiary/aromatic N) is 1. The number of nitrogens with one attached hydrogen (secondary N) is 3. The monoisotopic (exact) mass is 490 g/mol. The third-order valence-electron chi connectivity index (χ3n) is 6.94. The predicted molar refractivity (Wildman–Crippen MR) is 143 cm³/mol. The fraction of sp³-hybridized carbons (Fsp3) is 0.393. The van der Waals surface area contributed by atoms with Gasteiger partial charge in [-0.2, -0.15) is 0 Å². The number of hydrogen-bond donors (Lipinski definition) is 4. The maximum Gasteiger partial charge on any atom is 0.252 e. The van der Waals surface area contributed by atoms with Crippen molar-refractivity contribution in [1.82, 2.24) is 15.5 Å². The molecular weight excluding hydrogens is 456 g/mol. The summed E-state index contributed by atoms with van der Waals surface area (Å²) >= 11 is 1.80. The number of thiophene rings is 1. The number of carbonyl (C=O) groups excluding carboxylic acids is 1. The minimum absolute atomic E-state index is 0.0537. The second-order valence-electron chi connectivity index (χ2n) is 9.79. The van der Waals surface area contributed by atoms with Gasteiger partial charge in [0, 0.05) is 53.7 Å². The van der Waals surface area contributed by atoms with Gasteiger partial charge in [0.2, 0.25) is 0 Å². The summed E-state index contributed by atoms with van der Waals surface area (Å²) in [6.45, 7) is 8.52. The van der Waals surface area contributed by atoms with Crippen molar-refractivity contribution >= 4 is 22.9 Å². The molecule has 3 aromatic rings. The van der Waals surface area contributed by atoms with Gasteiger partial charge in [0.1, 0.15) is 0 Å². The Balaban J connectivity index is 1.25. The number of anilines is 1. The fourth-order valence-electron chi connectivity index (χ4n) is 4.70. The van der Waals surface area contributed by atoms with E-state index in [-0.39, 0.29) is 18.1 Å². The van der Waals surface area contributed by atoms with E-state index in [0.29, 0.717) is 11.6 Å². The van der Waals surface area contributed by atoms with Gasteiger partial charge in [-0.25, -0.2) is 0 Å². The van der Waals surface area contributed by atoms with Crippen LogP contribution >= 0.6 is 11.3 Å². The number of aliphatic hydroxyl groups excluding tert-OH is 1. The summed E-state index contributed by atoms with van der Waals surface area (Å²) in [5.41, 5.74) is 4.91. The Morgan fingerprint density at radius 1 is 1.20 bits per heavy atom. The molecule has 2 fully saturated rings. The highest BCUT2D eigenvalue weighted by molar-refractivity contribution is 7.15. The normalized spacial score (nSPS) is 19.3. The van der Waals surface area contributed by atoms with Crippen molar-refractivity contribution in [3.8, 4) is 10.4 Å². The van der Waals surface area contributed by atoms with E-state index in [2.05, 4.69) is 57.2 Å². The number of hydrogen-bond acceptors (Lipinski definition) is 6. The van der Waals surface area contributed by atoms with E-state index in [0.717, 1.165) is 61.5 Å². The lowest BCUT2D eigenvalue weighted by Crippen LogP contribution is -2.51. The molecule has 1 aromatic heterocycles. The molecule has 2 atom stereocenters. The van der Waals surface area contributed by atoms with Crippen molar-refractivity contribution in [1.29, 1.82) is 0 Å². The lowest BCUT2D eigenvalue weighted by molar-refractivity contribution is 0.0939. The van der Waals surface area contributed by atoms with Crippen molar-refractivity contribution in [2.45, 2.75) is 45.0 Å². The molecule has 0 radical (unpaired) electrons. The first-order valence-corrected chi connectivity index (χ1v) is 13.2. The van der Waals surface area contributed by atoms with E-state index >= 15 is 0 Å². The third-order valence-corrected chi connectivity index (χ3v) is 8.06. The van der Waals surface area contributed by atoms with Crippen molar-refractivity contribution in [3.05, 3.63) is 76.2 Å². The second-order valence-corrected chi connectivity index (χ2v) is 11.0. The maximum atomic E-state index is 13.1. The molecule has 35 heavy (non-hydrogen) atoms. The maximum absolute atomic E-state index is 13.1. The van der Waals surface area contributed by atoms with E-state index in [1.807, 2.05) is 32.0 Å². The number of amides is 1. The molecule has 2 saturated heterocycles. The summed E-state index contributed by atoms with van der Waals surface area (Å²) in [5, 5.41) is 19.7. The summed E-state index contributed by atoms with van der Waals surface area (Å²) < 4.78 is 0. The average molecular weight is 491 g/mol. The Bertz CT molecular complexity index is 1190. The van der Waals surface area contributed by atoms with Gasteiger partial charge in [0.05, 0.1) is 18.2 Å². The van der Waals surface area contributed by atoms with Crippen molar-refractivity contribution in [3.63, 3.8) is 0 Å². The van der Waals surface area contributed by atoms with E-state index in [1.165, 1.54) is 9.75 Å². The van der Waals surface area contributed by atoms with Gasteiger partial charge >= 0.3 is 0 Å². The van der Waals surface area contributed by atoms with Crippen LogP contribution in [-0.2, 0) is 6.54 Å². The van der Waals surface area contributed by atoms with E-state index in [1.54, 1.807) is 11.3 Å². The molecule has 3 heterocycles. The standard InChI is InChI=1S/C28H34N4O2S/c1-18-6-7-22(31-23-14-29-15-23)13-26(18)28(34)30-19(2)20-4-3-5-21(12-20)27-9-8-25(35-27)17-32-11-10-24(33)16-32/h3-9,12-13,19,23-24,29,31,33H,10-11,14-17H2,1-2H3,(H,30,34)/t19-,24?/m1/s1. The van der Waals surface area contributed by atoms with Crippen LogP contribution in [0.1, 0.15) is 45.7 Å². The molecule has 4 N–H and O–H groups in total. The quantitative estimate of drug-likeness (QED) is 0.381. The number of benzene rings is 2. The van der Waals surface area contributed by atoms with Gasteiger partial charge in [-0.1, -0.05) is 24.3 Å². The van der Waals surface area contributed by atoms with Crippen LogP contribution in [-0.4, -0.2) is 54.2 Å². The summed E-state index contributed by atoms with van der Waals surface area (Å²) in [5.74, 6) is -0.0537. The van der Waals surface area contributed by atoms with Crippen LogP contribution in [0.3, 0.4) is 0 Å². The van der Waals surface area contributed by atoms with Gasteiger partial charge < -0.3 is 21.1 Å². The molecule has 0 saturated carbocycles. The Kier molecular flexibility index (Phi) is 7.20. The molecule has 6 nitrogen and oxygen atoms in total. The van der Waals surface area contributed by atoms with Gasteiger partial charge in [0.15, 0.2) is 0 Å². The second kappa shape index (κ2) is 10.5. The van der Waals surface area contributed by atoms with Crippen LogP contribution in [0.15, 0.2) is 54.6 Å². The molecule has 2 aliphatic heterocycles. The zero-order valence-corrected chi connectivity index (χ0v) is 21.2. The van der Waals surface area contributed by atoms with E-state index in [9.17, 15) is 9.90 Å². The van der Waals surface area contributed by atoms with Crippen LogP contribution in [0, 0.1) is 6.92 Å². The molecule has 0 bridgehead atoms. The molecule has 1 amide bonds. The van der Waals surface area contributed by atoms with Gasteiger partial charge in [-0.15, -0.1) is 11.3 Å². The molecular formula is C28H34N4O2S. The summed E-state index contributed by atoms with van der Waals surface area (Å²) in [6, 6.07) is 19.1. The predicted octanol–water partition coefficient (Wildman–Crippen LogP) is 4.16. The molecule has 0 spiro atoms. The van der Waals surface area contributed by atoms with Gasteiger partial charge in [-0.05, 0) is 67.3 Å². The Labute approximate surface area is 211 Å². The molecule has 184 valence electrons. The van der Waals surface area contributed by atoms with Crippen molar-refractivity contribution in [2.24, 2.45) is 0 Å². The van der Waals surface area contributed by atoms with Crippen LogP contribution in [0.4, 0.5) is 5.69 Å². The largest absolute Gasteiger partial charge is 0.392 e. The van der Waals surface area contributed by atoms with Crippen LogP contribution in [0.25, 0.3) is 10.4 Å². The topological polar surface area (TPSA) is 76.6 Å². The smallest absolute Gasteiger partial charge is 0.252 e. The number of aliphatic hydroxyl groups is 1. The van der Waals surface area contributed by atoms with Gasteiger partial charge in [-0.3, -0.25) is 9.69 Å². The average Bonchev–Trinajstić information content (AvgIpc) is 3.46. The minimum atomic E-state index is -0.189. The first-order chi connectivity index (χ1) is 16.9. The lowest BCUT2D eigenvalue weighted by atomic mass is 10.0. The van der Waals surface area contributed by atoms with Crippen LogP contribution < -0.4 is 16.0 Å². The van der Waals surface area contributed by atoms with E-state index < -0.39 is 0 Å². The van der Waals surface area contributed by atoms with Crippen molar-refractivity contribution in [2.75, 3.05) is 31.5 Å². The molecule has 7 heteroatoms. The van der Waals surface area contributed by atoms with Crippen LogP contribution in [0.2, 0.25) is 0 Å². The fourth-order valence-corrected chi connectivity index (χ4v) is 5.74. The molecule has 2 aliphatic rings. The van der Waals surface area contributed by atoms with E-state index in [4.69, 9.17) is 0 Å². The summed E-state index contributed by atoms with van der Waals surface area (Å²) in [4.78, 5) is 18.0. The highest BCUT2D eigenvalue weighted by atomic mass is 32.1. The Morgan fingerprint density at radius 2 is 2.06 bits per heavy atom. The number of carbonyl (C=O) groups is 1. The van der Waals surface area contributed by atoms with Crippen molar-refractivity contribution < 1.29 is 9.90 Å². The molecule has 5 rings (SSSR count). The van der Waals surface area contributed by atoms with Gasteiger partial charge in [0.25, 0.3) is 5.91 Å². The zero-order valence-electron chi connectivity index (χ0n) is 20.4. The summed E-state index contributed by atoms with van der Waals surface area (Å²) in [6.07, 6.45) is 0.674. The number of aryl methyl sites for hydroxylation is 1. The third kappa shape index (κ3) is 5.76. The first-order valence-electron chi connectivity index (χ1n) is 12.4. The molecule has 2 aromatic carbocycles. The minimum Gasteiger partial charge on any atom is -0.392 e. The SMILES string of the molecule is Cc1ccc(NC2CNC2)cc1C(=O)N[C@H](C)c1cccc(-c2ccc(CN3CCC(O)C3)s2)c1. The Morgan fingerprint density at radius 3 is 2.80 bits per heavy atom.